The van der Waals surface area contributed by atoms with Gasteiger partial charge in [0.1, 0.15) is 0 Å². The largest absolute Gasteiger partial charge is 0.313 e. The third-order valence-electron chi connectivity index (χ3n) is 3.00. The van der Waals surface area contributed by atoms with Crippen LogP contribution in [0.4, 0.5) is 0 Å². The summed E-state index contributed by atoms with van der Waals surface area (Å²) >= 11 is 0. The van der Waals surface area contributed by atoms with Gasteiger partial charge in [-0.1, -0.05) is 13.3 Å². The standard InChI is InChI=1S/C11H24N2/c1-4-13(10(2)3)9-11-7-5-6-8-12-11/h10-12H,4-9H2,1-3H3/t11-/m0/s1. The first kappa shape index (κ1) is 11.0. The SMILES string of the molecule is CCN(C[C@@H]1CCCCN1)C(C)C. The van der Waals surface area contributed by atoms with Crippen LogP contribution in [0.2, 0.25) is 0 Å². The molecule has 78 valence electrons. The molecule has 1 saturated heterocycles. The van der Waals surface area contributed by atoms with Crippen molar-refractivity contribution >= 4 is 0 Å². The van der Waals surface area contributed by atoms with Gasteiger partial charge in [0, 0.05) is 18.6 Å². The maximum Gasteiger partial charge on any atom is 0.0195 e. The van der Waals surface area contributed by atoms with Crippen molar-refractivity contribution in [2.45, 2.75) is 52.1 Å². The van der Waals surface area contributed by atoms with Gasteiger partial charge >= 0.3 is 0 Å². The monoisotopic (exact) mass is 184 g/mol. The van der Waals surface area contributed by atoms with Crippen LogP contribution in [-0.2, 0) is 0 Å². The highest BCUT2D eigenvalue weighted by atomic mass is 15.2. The van der Waals surface area contributed by atoms with Crippen LogP contribution in [-0.4, -0.2) is 36.6 Å². The molecule has 0 unspecified atom stereocenters. The van der Waals surface area contributed by atoms with Crippen LogP contribution in [0.15, 0.2) is 0 Å². The van der Waals surface area contributed by atoms with E-state index >= 15 is 0 Å². The topological polar surface area (TPSA) is 15.3 Å². The molecule has 0 bridgehead atoms. The van der Waals surface area contributed by atoms with E-state index in [2.05, 4.69) is 31.0 Å². The maximum absolute atomic E-state index is 3.60. The Hall–Kier alpha value is -0.0800. The highest BCUT2D eigenvalue weighted by Gasteiger charge is 2.16. The Morgan fingerprint density at radius 3 is 2.62 bits per heavy atom. The molecular weight excluding hydrogens is 160 g/mol. The van der Waals surface area contributed by atoms with Crippen LogP contribution < -0.4 is 5.32 Å². The van der Waals surface area contributed by atoms with Gasteiger partial charge in [-0.2, -0.15) is 0 Å². The summed E-state index contributed by atoms with van der Waals surface area (Å²) in [6, 6.07) is 1.44. The predicted molar refractivity (Wildman–Crippen MR) is 58.0 cm³/mol. The zero-order valence-electron chi connectivity index (χ0n) is 9.34. The molecule has 1 aliphatic rings. The van der Waals surface area contributed by atoms with Gasteiger partial charge in [-0.05, 0) is 39.8 Å². The Bertz CT molecular complexity index is 128. The minimum Gasteiger partial charge on any atom is -0.313 e. The first-order valence-electron chi connectivity index (χ1n) is 5.71. The average molecular weight is 184 g/mol. The zero-order chi connectivity index (χ0) is 9.68. The van der Waals surface area contributed by atoms with E-state index in [4.69, 9.17) is 0 Å². The molecule has 0 spiro atoms. The number of hydrogen-bond acceptors (Lipinski definition) is 2. The van der Waals surface area contributed by atoms with Crippen LogP contribution in [0.3, 0.4) is 0 Å². The van der Waals surface area contributed by atoms with Crippen molar-refractivity contribution in [3.8, 4) is 0 Å². The van der Waals surface area contributed by atoms with Gasteiger partial charge in [0.05, 0.1) is 0 Å². The fourth-order valence-electron chi connectivity index (χ4n) is 2.07. The van der Waals surface area contributed by atoms with Crippen LogP contribution in [0.5, 0.6) is 0 Å². The number of piperidine rings is 1. The molecule has 13 heavy (non-hydrogen) atoms. The molecule has 1 heterocycles. The van der Waals surface area contributed by atoms with Crippen molar-refractivity contribution in [2.75, 3.05) is 19.6 Å². The van der Waals surface area contributed by atoms with E-state index in [-0.39, 0.29) is 0 Å². The third-order valence-corrected chi connectivity index (χ3v) is 3.00. The Morgan fingerprint density at radius 1 is 1.38 bits per heavy atom. The van der Waals surface area contributed by atoms with Gasteiger partial charge in [-0.25, -0.2) is 0 Å². The Labute approximate surface area is 82.7 Å². The fourth-order valence-corrected chi connectivity index (χ4v) is 2.07. The molecule has 0 aromatic carbocycles. The van der Waals surface area contributed by atoms with Crippen molar-refractivity contribution in [2.24, 2.45) is 0 Å². The number of nitrogens with zero attached hydrogens (tertiary/aromatic N) is 1. The maximum atomic E-state index is 3.60. The number of rotatable bonds is 4. The summed E-state index contributed by atoms with van der Waals surface area (Å²) in [6.07, 6.45) is 4.14. The summed E-state index contributed by atoms with van der Waals surface area (Å²) in [5.41, 5.74) is 0. The van der Waals surface area contributed by atoms with E-state index in [1.54, 1.807) is 0 Å². The van der Waals surface area contributed by atoms with Gasteiger partial charge in [-0.15, -0.1) is 0 Å². The molecular formula is C11H24N2. The lowest BCUT2D eigenvalue weighted by atomic mass is 10.0. The van der Waals surface area contributed by atoms with E-state index in [1.165, 1.54) is 38.9 Å². The van der Waals surface area contributed by atoms with Crippen molar-refractivity contribution in [3.63, 3.8) is 0 Å². The Morgan fingerprint density at radius 2 is 2.15 bits per heavy atom. The molecule has 1 rings (SSSR count). The van der Waals surface area contributed by atoms with E-state index in [0.29, 0.717) is 6.04 Å². The molecule has 0 aromatic heterocycles. The minimum absolute atomic E-state index is 0.689. The molecule has 1 fully saturated rings. The second-order valence-corrected chi connectivity index (χ2v) is 4.33. The molecule has 0 aliphatic carbocycles. The van der Waals surface area contributed by atoms with E-state index in [9.17, 15) is 0 Å². The van der Waals surface area contributed by atoms with E-state index < -0.39 is 0 Å². The minimum atomic E-state index is 0.689. The highest BCUT2D eigenvalue weighted by Crippen LogP contribution is 2.09. The molecule has 1 atom stereocenters. The summed E-state index contributed by atoms with van der Waals surface area (Å²) in [7, 11) is 0. The Balaban J connectivity index is 2.27. The van der Waals surface area contributed by atoms with Crippen molar-refractivity contribution in [3.05, 3.63) is 0 Å². The summed E-state index contributed by atoms with van der Waals surface area (Å²) in [5, 5.41) is 3.60. The fraction of sp³-hybridized carbons (Fsp3) is 1.00. The van der Waals surface area contributed by atoms with Crippen LogP contribution >= 0.6 is 0 Å². The van der Waals surface area contributed by atoms with Crippen molar-refractivity contribution < 1.29 is 0 Å². The summed E-state index contributed by atoms with van der Waals surface area (Å²) in [6.45, 7) is 10.5. The molecule has 2 nitrogen and oxygen atoms in total. The highest BCUT2D eigenvalue weighted by molar-refractivity contribution is 4.76. The molecule has 1 aliphatic heterocycles. The van der Waals surface area contributed by atoms with E-state index in [0.717, 1.165) is 6.04 Å². The number of hydrogen-bond donors (Lipinski definition) is 1. The zero-order valence-corrected chi connectivity index (χ0v) is 9.34. The van der Waals surface area contributed by atoms with Gasteiger partial charge in [0.15, 0.2) is 0 Å². The van der Waals surface area contributed by atoms with Crippen LogP contribution in [0, 0.1) is 0 Å². The lowest BCUT2D eigenvalue weighted by molar-refractivity contribution is 0.194. The van der Waals surface area contributed by atoms with E-state index in [1.807, 2.05) is 0 Å². The second kappa shape index (κ2) is 5.61. The first-order valence-corrected chi connectivity index (χ1v) is 5.71. The van der Waals surface area contributed by atoms with Gasteiger partial charge in [0.2, 0.25) is 0 Å². The van der Waals surface area contributed by atoms with Crippen LogP contribution in [0.25, 0.3) is 0 Å². The van der Waals surface area contributed by atoms with Gasteiger partial charge in [-0.3, -0.25) is 4.90 Å². The van der Waals surface area contributed by atoms with Gasteiger partial charge < -0.3 is 5.32 Å². The van der Waals surface area contributed by atoms with Crippen molar-refractivity contribution in [1.29, 1.82) is 0 Å². The predicted octanol–water partition coefficient (Wildman–Crippen LogP) is 1.86. The lowest BCUT2D eigenvalue weighted by Gasteiger charge is -2.32. The summed E-state index contributed by atoms with van der Waals surface area (Å²) in [4.78, 5) is 2.54. The quantitative estimate of drug-likeness (QED) is 0.717. The molecule has 0 radical (unpaired) electrons. The van der Waals surface area contributed by atoms with Gasteiger partial charge in [0.25, 0.3) is 0 Å². The molecule has 1 N–H and O–H groups in total. The Kier molecular flexibility index (Phi) is 4.74. The average Bonchev–Trinajstić information content (AvgIpc) is 2.15. The van der Waals surface area contributed by atoms with Crippen LogP contribution in [0.1, 0.15) is 40.0 Å². The number of likely N-dealkylation sites (N-methyl/N-ethyl adjacent to an activating group) is 1. The summed E-state index contributed by atoms with van der Waals surface area (Å²) < 4.78 is 0. The summed E-state index contributed by atoms with van der Waals surface area (Å²) in [5.74, 6) is 0. The molecule has 0 aromatic rings. The normalized spacial score (nSPS) is 24.2. The molecule has 2 heteroatoms. The molecule has 0 saturated carbocycles. The van der Waals surface area contributed by atoms with Crippen molar-refractivity contribution in [1.82, 2.24) is 10.2 Å². The molecule has 0 amide bonds. The smallest absolute Gasteiger partial charge is 0.0195 e. The lowest BCUT2D eigenvalue weighted by Crippen LogP contribution is -2.45. The second-order valence-electron chi connectivity index (χ2n) is 4.33. The first-order chi connectivity index (χ1) is 6.24. The number of nitrogens with one attached hydrogen (secondary N) is 1. The third kappa shape index (κ3) is 3.65.